The fourth-order valence-corrected chi connectivity index (χ4v) is 4.55. The van der Waals surface area contributed by atoms with E-state index in [0.29, 0.717) is 17.1 Å². The van der Waals surface area contributed by atoms with Crippen LogP contribution >= 0.6 is 0 Å². The maximum absolute atomic E-state index is 14.1. The van der Waals surface area contributed by atoms with E-state index in [1.807, 2.05) is 50.2 Å². The Morgan fingerprint density at radius 1 is 0.925 bits per heavy atom. The van der Waals surface area contributed by atoms with Gasteiger partial charge in [-0.3, -0.25) is 4.79 Å². The summed E-state index contributed by atoms with van der Waals surface area (Å²) in [7, 11) is 0. The summed E-state index contributed by atoms with van der Waals surface area (Å²) in [5.74, 6) is -1.54. The topological polar surface area (TPSA) is 94.2 Å². The summed E-state index contributed by atoms with van der Waals surface area (Å²) < 4.78 is 33.8. The molecule has 9 heteroatoms. The highest BCUT2D eigenvalue weighted by Crippen LogP contribution is 2.31. The predicted octanol–water partition coefficient (Wildman–Crippen LogP) is 6.06. The zero-order valence-corrected chi connectivity index (χ0v) is 22.0. The van der Waals surface area contributed by atoms with Crippen LogP contribution in [0.3, 0.4) is 0 Å². The Morgan fingerprint density at radius 2 is 1.75 bits per heavy atom. The molecule has 2 aromatic heterocycles. The van der Waals surface area contributed by atoms with Crippen LogP contribution in [0.1, 0.15) is 35.3 Å². The lowest BCUT2D eigenvalue weighted by Gasteiger charge is -2.26. The second-order valence-electron chi connectivity index (χ2n) is 9.67. The van der Waals surface area contributed by atoms with Gasteiger partial charge in [-0.25, -0.2) is 23.7 Å². The smallest absolute Gasteiger partial charge is 0.252 e. The number of fused-ring (bicyclic) bond motifs is 1. The molecule has 0 saturated carbocycles. The number of benzene rings is 3. The van der Waals surface area contributed by atoms with Gasteiger partial charge >= 0.3 is 0 Å². The lowest BCUT2D eigenvalue weighted by molar-refractivity contribution is 0.100. The molecule has 0 spiro atoms. The second-order valence-corrected chi connectivity index (χ2v) is 9.67. The van der Waals surface area contributed by atoms with Crippen LogP contribution in [0.15, 0.2) is 85.5 Å². The summed E-state index contributed by atoms with van der Waals surface area (Å²) in [4.78, 5) is 26.9. The van der Waals surface area contributed by atoms with Crippen molar-refractivity contribution in [1.82, 2.24) is 15.0 Å². The molecular formula is C31H27F2N5O2. The lowest BCUT2D eigenvalue weighted by Crippen LogP contribution is -2.27. The summed E-state index contributed by atoms with van der Waals surface area (Å²) >= 11 is 0. The molecule has 2 N–H and O–H groups in total. The normalized spacial score (nSPS) is 11.1. The number of pyridine rings is 1. The molecule has 0 atom stereocenters. The third-order valence-electron chi connectivity index (χ3n) is 6.26. The largest absolute Gasteiger partial charge is 0.491 e. The van der Waals surface area contributed by atoms with Crippen molar-refractivity contribution in [3.8, 4) is 16.9 Å². The van der Waals surface area contributed by atoms with Crippen molar-refractivity contribution in [2.75, 3.05) is 4.90 Å². The van der Waals surface area contributed by atoms with Crippen LogP contribution in [-0.4, -0.2) is 27.0 Å². The second kappa shape index (κ2) is 11.4. The monoisotopic (exact) mass is 539 g/mol. The summed E-state index contributed by atoms with van der Waals surface area (Å²) in [5, 5.41) is 0.899. The molecule has 2 heterocycles. The van der Waals surface area contributed by atoms with Gasteiger partial charge in [0.2, 0.25) is 0 Å². The van der Waals surface area contributed by atoms with E-state index < -0.39 is 17.5 Å². The molecule has 5 rings (SSSR count). The molecule has 202 valence electrons. The van der Waals surface area contributed by atoms with E-state index in [2.05, 4.69) is 15.0 Å². The minimum Gasteiger partial charge on any atom is -0.491 e. The van der Waals surface area contributed by atoms with Crippen molar-refractivity contribution in [2.45, 2.75) is 33.0 Å². The van der Waals surface area contributed by atoms with Crippen molar-refractivity contribution >= 4 is 22.6 Å². The molecule has 0 bridgehead atoms. The van der Waals surface area contributed by atoms with Gasteiger partial charge in [-0.2, -0.15) is 0 Å². The molecule has 0 fully saturated rings. The number of carbonyl (C=O) groups excluding carboxylic acids is 1. The van der Waals surface area contributed by atoms with Gasteiger partial charge in [0.1, 0.15) is 17.9 Å². The van der Waals surface area contributed by atoms with Crippen LogP contribution in [0.4, 0.5) is 14.6 Å². The van der Waals surface area contributed by atoms with Crippen LogP contribution in [0, 0.1) is 11.6 Å². The maximum atomic E-state index is 14.1. The van der Waals surface area contributed by atoms with Gasteiger partial charge in [-0.15, -0.1) is 0 Å². The minimum absolute atomic E-state index is 0.0661. The molecule has 0 aliphatic heterocycles. The third kappa shape index (κ3) is 6.04. The summed E-state index contributed by atoms with van der Waals surface area (Å²) in [6, 6.07) is 18.7. The highest BCUT2D eigenvalue weighted by molar-refractivity contribution is 5.97. The predicted molar refractivity (Wildman–Crippen MR) is 150 cm³/mol. The molecule has 0 unspecified atom stereocenters. The number of nitrogens with two attached hydrogens (primary N) is 1. The Morgan fingerprint density at radius 3 is 2.52 bits per heavy atom. The van der Waals surface area contributed by atoms with Gasteiger partial charge in [-0.1, -0.05) is 12.1 Å². The Bertz CT molecular complexity index is 1690. The van der Waals surface area contributed by atoms with E-state index in [0.717, 1.165) is 39.7 Å². The number of hydrogen-bond acceptors (Lipinski definition) is 6. The van der Waals surface area contributed by atoms with Crippen molar-refractivity contribution in [3.05, 3.63) is 114 Å². The number of nitrogens with zero attached hydrogens (tertiary/aromatic N) is 4. The minimum atomic E-state index is -0.955. The van der Waals surface area contributed by atoms with Crippen molar-refractivity contribution in [1.29, 1.82) is 0 Å². The standard InChI is InChI=1S/C31H27F2N5O2/c1-19(2)40-25-11-21(10-23(14-25)22-6-8-29-24(13-22)15-35-18-37-29)17-38(16-20-5-7-27(32)28(33)12-20)31-26(30(34)39)4-3-9-36-31/h3-15,18-19H,16-17H2,1-2H3,(H2,34,39). The zero-order valence-electron chi connectivity index (χ0n) is 22.0. The van der Waals surface area contributed by atoms with Crippen molar-refractivity contribution in [3.63, 3.8) is 0 Å². The molecule has 3 aromatic carbocycles. The molecule has 0 aliphatic rings. The fourth-order valence-electron chi connectivity index (χ4n) is 4.55. The fraction of sp³-hybridized carbons (Fsp3) is 0.161. The maximum Gasteiger partial charge on any atom is 0.252 e. The molecule has 5 aromatic rings. The lowest BCUT2D eigenvalue weighted by atomic mass is 10.0. The van der Waals surface area contributed by atoms with Crippen molar-refractivity contribution < 1.29 is 18.3 Å². The number of halogens is 2. The van der Waals surface area contributed by atoms with Crippen LogP contribution in [0.2, 0.25) is 0 Å². The van der Waals surface area contributed by atoms with Crippen LogP contribution in [-0.2, 0) is 13.1 Å². The molecule has 0 radical (unpaired) electrons. The average molecular weight is 540 g/mol. The number of ether oxygens (including phenoxy) is 1. The number of rotatable bonds is 9. The van der Waals surface area contributed by atoms with E-state index in [9.17, 15) is 13.6 Å². The quantitative estimate of drug-likeness (QED) is 0.245. The van der Waals surface area contributed by atoms with Crippen LogP contribution in [0.25, 0.3) is 22.0 Å². The Labute approximate surface area is 230 Å². The molecule has 7 nitrogen and oxygen atoms in total. The molecular weight excluding hydrogens is 512 g/mol. The van der Waals surface area contributed by atoms with E-state index in [1.54, 1.807) is 29.4 Å². The molecule has 0 saturated heterocycles. The zero-order chi connectivity index (χ0) is 28.2. The SMILES string of the molecule is CC(C)Oc1cc(CN(Cc2ccc(F)c(F)c2)c2ncccc2C(N)=O)cc(-c2ccc3ncncc3c2)c1. The Balaban J connectivity index is 1.59. The first kappa shape index (κ1) is 26.7. The first-order valence-electron chi connectivity index (χ1n) is 12.7. The summed E-state index contributed by atoms with van der Waals surface area (Å²) in [6.45, 7) is 4.31. The molecule has 1 amide bonds. The van der Waals surface area contributed by atoms with Gasteiger partial charge in [0.25, 0.3) is 5.91 Å². The van der Waals surface area contributed by atoms with E-state index in [4.69, 9.17) is 10.5 Å². The number of anilines is 1. The average Bonchev–Trinajstić information content (AvgIpc) is 2.94. The Hall–Kier alpha value is -4.92. The van der Waals surface area contributed by atoms with Crippen LogP contribution < -0.4 is 15.4 Å². The first-order chi connectivity index (χ1) is 19.3. The Kier molecular flexibility index (Phi) is 7.63. The molecule has 0 aliphatic carbocycles. The van der Waals surface area contributed by atoms with E-state index >= 15 is 0 Å². The third-order valence-corrected chi connectivity index (χ3v) is 6.26. The highest BCUT2D eigenvalue weighted by Gasteiger charge is 2.19. The number of primary amides is 1. The van der Waals surface area contributed by atoms with Gasteiger partial charge in [0.05, 0.1) is 17.2 Å². The van der Waals surface area contributed by atoms with Crippen LogP contribution in [0.5, 0.6) is 5.75 Å². The van der Waals surface area contributed by atoms with Gasteiger partial charge in [0.15, 0.2) is 11.6 Å². The van der Waals surface area contributed by atoms with Gasteiger partial charge < -0.3 is 15.4 Å². The number of carbonyl (C=O) groups is 1. The van der Waals surface area contributed by atoms with E-state index in [-0.39, 0.29) is 24.8 Å². The van der Waals surface area contributed by atoms with Gasteiger partial charge in [0, 0.05) is 30.9 Å². The van der Waals surface area contributed by atoms with Gasteiger partial charge in [-0.05, 0) is 90.7 Å². The highest BCUT2D eigenvalue weighted by atomic mass is 19.2. The number of hydrogen-bond donors (Lipinski definition) is 1. The number of amides is 1. The first-order valence-corrected chi connectivity index (χ1v) is 12.7. The van der Waals surface area contributed by atoms with Crippen molar-refractivity contribution in [2.24, 2.45) is 5.73 Å². The van der Waals surface area contributed by atoms with E-state index in [1.165, 1.54) is 12.4 Å². The number of aromatic nitrogens is 3. The summed E-state index contributed by atoms with van der Waals surface area (Å²) in [6.07, 6.45) is 4.76. The molecule has 40 heavy (non-hydrogen) atoms. The summed E-state index contributed by atoms with van der Waals surface area (Å²) in [5.41, 5.74) is 9.92.